The highest BCUT2D eigenvalue weighted by molar-refractivity contribution is 5.71. The monoisotopic (exact) mass is 1030 g/mol. The van der Waals surface area contributed by atoms with E-state index in [0.29, 0.717) is 19.3 Å². The zero-order valence-corrected chi connectivity index (χ0v) is 49.1. The molecule has 0 N–H and O–H groups in total. The van der Waals surface area contributed by atoms with Crippen LogP contribution in [0.15, 0.2) is 72.9 Å². The summed E-state index contributed by atoms with van der Waals surface area (Å²) in [6.45, 7) is 6.49. The van der Waals surface area contributed by atoms with Gasteiger partial charge in [0.1, 0.15) is 13.2 Å². The van der Waals surface area contributed by atoms with E-state index in [9.17, 15) is 14.4 Å². The molecule has 74 heavy (non-hydrogen) atoms. The van der Waals surface area contributed by atoms with Crippen molar-refractivity contribution in [3.63, 3.8) is 0 Å². The van der Waals surface area contributed by atoms with E-state index >= 15 is 0 Å². The quantitative estimate of drug-likeness (QED) is 0.0261. The van der Waals surface area contributed by atoms with Crippen LogP contribution in [0, 0.1) is 0 Å². The Morgan fingerprint density at radius 3 is 0.905 bits per heavy atom. The smallest absolute Gasteiger partial charge is 0.306 e. The van der Waals surface area contributed by atoms with Gasteiger partial charge in [-0.3, -0.25) is 14.4 Å². The molecule has 0 rings (SSSR count). The molecule has 0 saturated carbocycles. The van der Waals surface area contributed by atoms with Crippen LogP contribution in [0.2, 0.25) is 0 Å². The van der Waals surface area contributed by atoms with Gasteiger partial charge in [0, 0.05) is 19.3 Å². The summed E-state index contributed by atoms with van der Waals surface area (Å²) < 4.78 is 16.9. The molecule has 0 aliphatic heterocycles. The number of esters is 3. The molecule has 0 bridgehead atoms. The number of unbranched alkanes of at least 4 members (excludes halogenated alkanes) is 35. The van der Waals surface area contributed by atoms with Crippen LogP contribution >= 0.6 is 0 Å². The van der Waals surface area contributed by atoms with Crippen LogP contribution in [0.25, 0.3) is 0 Å². The molecule has 0 heterocycles. The third kappa shape index (κ3) is 59.7. The largest absolute Gasteiger partial charge is 0.462 e. The average molecular weight is 1030 g/mol. The highest BCUT2D eigenvalue weighted by Crippen LogP contribution is 2.17. The van der Waals surface area contributed by atoms with Gasteiger partial charge in [-0.25, -0.2) is 0 Å². The average Bonchev–Trinajstić information content (AvgIpc) is 3.40. The second-order valence-corrected chi connectivity index (χ2v) is 21.3. The molecule has 428 valence electrons. The Labute approximate surface area is 459 Å². The van der Waals surface area contributed by atoms with Gasteiger partial charge in [-0.15, -0.1) is 0 Å². The molecule has 0 spiro atoms. The van der Waals surface area contributed by atoms with Crippen molar-refractivity contribution in [3.8, 4) is 0 Å². The Kier molecular flexibility index (Phi) is 59.7. The highest BCUT2D eigenvalue weighted by Gasteiger charge is 2.19. The van der Waals surface area contributed by atoms with E-state index < -0.39 is 6.10 Å². The molecular formula is C68H120O6. The second kappa shape index (κ2) is 62.4. The van der Waals surface area contributed by atoms with Gasteiger partial charge in [0.25, 0.3) is 0 Å². The lowest BCUT2D eigenvalue weighted by Gasteiger charge is -2.18. The molecular weight excluding hydrogens is 913 g/mol. The van der Waals surface area contributed by atoms with Gasteiger partial charge < -0.3 is 14.2 Å². The van der Waals surface area contributed by atoms with E-state index in [1.54, 1.807) is 0 Å². The van der Waals surface area contributed by atoms with Crippen molar-refractivity contribution >= 4 is 17.9 Å². The first-order valence-corrected chi connectivity index (χ1v) is 31.9. The normalized spacial score (nSPS) is 12.5. The highest BCUT2D eigenvalue weighted by atomic mass is 16.6. The molecule has 1 unspecified atom stereocenters. The Morgan fingerprint density at radius 2 is 0.554 bits per heavy atom. The summed E-state index contributed by atoms with van der Waals surface area (Å²) in [5, 5.41) is 0. The number of hydrogen-bond acceptors (Lipinski definition) is 6. The van der Waals surface area contributed by atoms with Crippen LogP contribution in [-0.2, 0) is 28.6 Å². The Hall–Kier alpha value is -3.15. The van der Waals surface area contributed by atoms with E-state index in [-0.39, 0.29) is 37.5 Å². The number of rotatable bonds is 58. The fourth-order valence-electron chi connectivity index (χ4n) is 9.20. The molecule has 0 aliphatic carbocycles. The molecule has 6 heteroatoms. The third-order valence-corrected chi connectivity index (χ3v) is 14.0. The Balaban J connectivity index is 4.33. The van der Waals surface area contributed by atoms with Crippen LogP contribution in [0.5, 0.6) is 0 Å². The van der Waals surface area contributed by atoms with E-state index in [2.05, 4.69) is 87.6 Å². The number of ether oxygens (including phenoxy) is 3. The summed E-state index contributed by atoms with van der Waals surface area (Å²) in [7, 11) is 0. The SMILES string of the molecule is CC/C=C\C/C=C\C/C=C\C/C=C\CCC(=O)OCC(COC(=O)CCCCCCCCCCCCC/C=C\C/C=C\CCCCCCC)OC(=O)CCCCCCCCCCCCCCCCCCCCCC. The maximum atomic E-state index is 12.9. The molecule has 0 radical (unpaired) electrons. The maximum Gasteiger partial charge on any atom is 0.306 e. The topological polar surface area (TPSA) is 78.9 Å². The lowest BCUT2D eigenvalue weighted by molar-refractivity contribution is -0.166. The summed E-state index contributed by atoms with van der Waals surface area (Å²) in [6, 6.07) is 0. The summed E-state index contributed by atoms with van der Waals surface area (Å²) in [4.78, 5) is 38.2. The molecule has 6 nitrogen and oxygen atoms in total. The van der Waals surface area contributed by atoms with Gasteiger partial charge in [0.2, 0.25) is 0 Å². The number of hydrogen-bond donors (Lipinski definition) is 0. The van der Waals surface area contributed by atoms with E-state index in [4.69, 9.17) is 14.2 Å². The summed E-state index contributed by atoms with van der Waals surface area (Å²) >= 11 is 0. The van der Waals surface area contributed by atoms with Crippen LogP contribution in [0.1, 0.15) is 323 Å². The molecule has 0 aromatic carbocycles. The van der Waals surface area contributed by atoms with Crippen molar-refractivity contribution in [2.75, 3.05) is 13.2 Å². The van der Waals surface area contributed by atoms with Crippen molar-refractivity contribution < 1.29 is 28.6 Å². The zero-order chi connectivity index (χ0) is 53.6. The number of carbonyl (C=O) groups is 3. The first kappa shape index (κ1) is 70.8. The van der Waals surface area contributed by atoms with Crippen molar-refractivity contribution in [3.05, 3.63) is 72.9 Å². The van der Waals surface area contributed by atoms with Crippen LogP contribution in [0.3, 0.4) is 0 Å². The predicted octanol–water partition coefficient (Wildman–Crippen LogP) is 21.7. The van der Waals surface area contributed by atoms with Crippen molar-refractivity contribution in [1.82, 2.24) is 0 Å². The third-order valence-electron chi connectivity index (χ3n) is 14.0. The molecule has 0 saturated heterocycles. The fourth-order valence-corrected chi connectivity index (χ4v) is 9.20. The summed E-state index contributed by atoms with van der Waals surface area (Å²) in [5.74, 6) is -0.967. The minimum Gasteiger partial charge on any atom is -0.462 e. The molecule has 1 atom stereocenters. The molecule has 0 fully saturated rings. The van der Waals surface area contributed by atoms with E-state index in [1.165, 1.54) is 205 Å². The standard InChI is InChI=1S/C68H120O6/c1-4-7-10-13-16-19-22-25-27-29-31-33-34-35-37-38-40-43-46-49-52-55-58-61-67(70)73-64-65(63-72-66(69)60-57-54-51-48-45-42-24-21-18-15-12-9-6-3)74-68(71)62-59-56-53-50-47-44-41-39-36-32-30-28-26-23-20-17-14-11-8-5-2/h9,12,18,21-22,25,29,31,42,45,51,54,65H,4-8,10-11,13-17,19-20,23-24,26-28,30,32-41,43-44,46-50,52-53,55-64H2,1-3H3/b12-9-,21-18-,25-22-,31-29-,45-42-,54-51-. The minimum absolute atomic E-state index is 0.0956. The lowest BCUT2D eigenvalue weighted by Crippen LogP contribution is -2.30. The zero-order valence-electron chi connectivity index (χ0n) is 49.1. The first-order valence-electron chi connectivity index (χ1n) is 31.9. The number of carbonyl (C=O) groups excluding carboxylic acids is 3. The van der Waals surface area contributed by atoms with Gasteiger partial charge >= 0.3 is 17.9 Å². The molecule has 0 aliphatic rings. The van der Waals surface area contributed by atoms with Crippen molar-refractivity contribution in [1.29, 1.82) is 0 Å². The van der Waals surface area contributed by atoms with Crippen molar-refractivity contribution in [2.24, 2.45) is 0 Å². The van der Waals surface area contributed by atoms with Crippen molar-refractivity contribution in [2.45, 2.75) is 329 Å². The fraction of sp³-hybridized carbons (Fsp3) is 0.779. The molecule has 0 aromatic heterocycles. The van der Waals surface area contributed by atoms with Crippen LogP contribution < -0.4 is 0 Å². The summed E-state index contributed by atoms with van der Waals surface area (Å²) in [5.41, 5.74) is 0. The maximum absolute atomic E-state index is 12.9. The van der Waals surface area contributed by atoms with Gasteiger partial charge in [-0.1, -0.05) is 299 Å². The van der Waals surface area contributed by atoms with Crippen LogP contribution in [0.4, 0.5) is 0 Å². The van der Waals surface area contributed by atoms with Gasteiger partial charge in [0.15, 0.2) is 6.10 Å². The van der Waals surface area contributed by atoms with Crippen LogP contribution in [-0.4, -0.2) is 37.2 Å². The van der Waals surface area contributed by atoms with Gasteiger partial charge in [0.05, 0.1) is 0 Å². The molecule has 0 amide bonds. The number of allylic oxidation sites excluding steroid dienone is 12. The summed E-state index contributed by atoms with van der Waals surface area (Å²) in [6.07, 6.45) is 80.7. The Morgan fingerprint density at radius 1 is 0.284 bits per heavy atom. The Bertz CT molecular complexity index is 1370. The van der Waals surface area contributed by atoms with Gasteiger partial charge in [-0.05, 0) is 77.0 Å². The predicted molar refractivity (Wildman–Crippen MR) is 321 cm³/mol. The van der Waals surface area contributed by atoms with E-state index in [1.807, 2.05) is 6.08 Å². The molecule has 0 aromatic rings. The minimum atomic E-state index is -0.804. The second-order valence-electron chi connectivity index (χ2n) is 21.3. The lowest BCUT2D eigenvalue weighted by atomic mass is 10.0. The first-order chi connectivity index (χ1) is 36.5. The van der Waals surface area contributed by atoms with E-state index in [0.717, 1.165) is 70.6 Å². The van der Waals surface area contributed by atoms with Gasteiger partial charge in [-0.2, -0.15) is 0 Å².